The summed E-state index contributed by atoms with van der Waals surface area (Å²) in [5, 5.41) is 10.0. The number of hydrogen-bond donors (Lipinski definition) is 0. The van der Waals surface area contributed by atoms with Crippen molar-refractivity contribution in [3.05, 3.63) is 35.4 Å². The lowest BCUT2D eigenvalue weighted by atomic mass is 10.1. The molecule has 0 atom stereocenters. The summed E-state index contributed by atoms with van der Waals surface area (Å²) in [7, 11) is 0. The van der Waals surface area contributed by atoms with Gasteiger partial charge in [-0.25, -0.2) is 8.78 Å². The van der Waals surface area contributed by atoms with Crippen LogP contribution >= 0.6 is 0 Å². The summed E-state index contributed by atoms with van der Waals surface area (Å²) < 4.78 is 24.8. The maximum absolute atomic E-state index is 12.4. The highest BCUT2D eigenvalue weighted by Crippen LogP contribution is 2.21. The molecule has 0 spiro atoms. The van der Waals surface area contributed by atoms with Crippen LogP contribution in [0.3, 0.4) is 0 Å². The second kappa shape index (κ2) is 5.19. The highest BCUT2D eigenvalue weighted by molar-refractivity contribution is 5.83. The van der Waals surface area contributed by atoms with E-state index < -0.39 is 18.9 Å². The molecule has 0 aromatic heterocycles. The lowest BCUT2D eigenvalue weighted by Gasteiger charge is -2.03. The maximum Gasteiger partial charge on any atom is 0.264 e. The van der Waals surface area contributed by atoms with Gasteiger partial charge < -0.3 is 9.90 Å². The molecule has 0 amide bonds. The number of carboxylic acid groups (broad SMARTS) is 1. The van der Waals surface area contributed by atoms with Crippen LogP contribution in [0.5, 0.6) is 0 Å². The van der Waals surface area contributed by atoms with Crippen LogP contribution < -0.4 is 5.11 Å². The zero-order chi connectivity index (χ0) is 11.3. The molecule has 3 nitrogen and oxygen atoms in total. The average Bonchev–Trinajstić information content (AvgIpc) is 2.17. The zero-order valence-electron chi connectivity index (χ0n) is 7.69. The van der Waals surface area contributed by atoms with Crippen molar-refractivity contribution >= 4 is 12.2 Å². The van der Waals surface area contributed by atoms with E-state index in [4.69, 9.17) is 0 Å². The lowest BCUT2D eigenvalue weighted by molar-refractivity contribution is -0.303. The Kier molecular flexibility index (Phi) is 3.91. The molecule has 5 heteroatoms. The lowest BCUT2D eigenvalue weighted by Crippen LogP contribution is -2.25. The van der Waals surface area contributed by atoms with Crippen LogP contribution in [0.25, 0.3) is 0 Å². The smallest absolute Gasteiger partial charge is 0.264 e. The normalized spacial score (nSPS) is 11.1. The van der Waals surface area contributed by atoms with Gasteiger partial charge in [-0.2, -0.15) is 0 Å². The number of aliphatic carboxylic acids is 1. The average molecular weight is 212 g/mol. The Morgan fingerprint density at radius 3 is 2.73 bits per heavy atom. The molecular weight excluding hydrogens is 204 g/mol. The third-order valence-electron chi connectivity index (χ3n) is 1.68. The van der Waals surface area contributed by atoms with Crippen LogP contribution in [0.4, 0.5) is 8.78 Å². The van der Waals surface area contributed by atoms with Gasteiger partial charge in [-0.1, -0.05) is 24.3 Å². The summed E-state index contributed by atoms with van der Waals surface area (Å²) in [6.45, 7) is -0.530. The molecule has 0 N–H and O–H groups in total. The SMILES string of the molecule is O=C([O-])CN=Cc1ccccc1C(F)F. The number of aliphatic imine (C=N–C) groups is 1. The first-order chi connectivity index (χ1) is 7.11. The number of halogens is 2. The molecule has 15 heavy (non-hydrogen) atoms. The fourth-order valence-electron chi connectivity index (χ4n) is 1.05. The molecular formula is C10H8F2NO2-. The Morgan fingerprint density at radius 2 is 2.13 bits per heavy atom. The van der Waals surface area contributed by atoms with Crippen molar-refractivity contribution in [2.24, 2.45) is 4.99 Å². The Balaban J connectivity index is 2.84. The van der Waals surface area contributed by atoms with Gasteiger partial charge in [0.05, 0.1) is 12.5 Å². The summed E-state index contributed by atoms with van der Waals surface area (Å²) in [6.07, 6.45) is -1.49. The molecule has 0 aliphatic rings. The van der Waals surface area contributed by atoms with Gasteiger partial charge in [-0.05, 0) is 0 Å². The molecule has 0 fully saturated rings. The summed E-state index contributed by atoms with van der Waals surface area (Å²) in [4.78, 5) is 13.5. The number of carboxylic acids is 1. The zero-order valence-corrected chi connectivity index (χ0v) is 7.69. The second-order valence-electron chi connectivity index (χ2n) is 2.77. The predicted octanol–water partition coefficient (Wildman–Crippen LogP) is 0.793. The van der Waals surface area contributed by atoms with E-state index in [9.17, 15) is 18.7 Å². The van der Waals surface area contributed by atoms with Crippen LogP contribution in [0.1, 0.15) is 17.6 Å². The van der Waals surface area contributed by atoms with Gasteiger partial charge in [0, 0.05) is 17.3 Å². The minimum Gasteiger partial charge on any atom is -0.548 e. The molecule has 0 saturated heterocycles. The molecule has 0 aliphatic carbocycles. The van der Waals surface area contributed by atoms with Crippen molar-refractivity contribution in [1.29, 1.82) is 0 Å². The van der Waals surface area contributed by atoms with E-state index in [1.807, 2.05) is 0 Å². The molecule has 1 aromatic carbocycles. The van der Waals surface area contributed by atoms with Gasteiger partial charge in [-0.3, -0.25) is 4.99 Å². The van der Waals surface area contributed by atoms with Crippen molar-refractivity contribution in [3.63, 3.8) is 0 Å². The first kappa shape index (κ1) is 11.3. The van der Waals surface area contributed by atoms with Crippen molar-refractivity contribution in [3.8, 4) is 0 Å². The monoisotopic (exact) mass is 212 g/mol. The molecule has 0 aliphatic heterocycles. The largest absolute Gasteiger partial charge is 0.548 e. The van der Waals surface area contributed by atoms with E-state index >= 15 is 0 Å². The number of carbonyl (C=O) groups excluding carboxylic acids is 1. The van der Waals surface area contributed by atoms with Crippen LogP contribution in [0, 0.1) is 0 Å². The van der Waals surface area contributed by atoms with Crippen LogP contribution in [-0.2, 0) is 4.79 Å². The number of nitrogens with zero attached hydrogens (tertiary/aromatic N) is 1. The van der Waals surface area contributed by atoms with Gasteiger partial charge in [-0.15, -0.1) is 0 Å². The number of carbonyl (C=O) groups is 1. The Bertz CT molecular complexity index is 377. The summed E-state index contributed by atoms with van der Waals surface area (Å²) in [5.74, 6) is -1.35. The molecule has 1 rings (SSSR count). The summed E-state index contributed by atoms with van der Waals surface area (Å²) in [6, 6.07) is 5.77. The molecule has 1 aromatic rings. The number of benzene rings is 1. The molecule has 0 bridgehead atoms. The number of hydrogen-bond acceptors (Lipinski definition) is 3. The first-order valence-corrected chi connectivity index (χ1v) is 4.18. The van der Waals surface area contributed by atoms with Gasteiger partial charge in [0.2, 0.25) is 0 Å². The molecule has 0 radical (unpaired) electrons. The molecule has 0 unspecified atom stereocenters. The highest BCUT2D eigenvalue weighted by atomic mass is 19.3. The Morgan fingerprint density at radius 1 is 1.47 bits per heavy atom. The van der Waals surface area contributed by atoms with E-state index in [2.05, 4.69) is 4.99 Å². The van der Waals surface area contributed by atoms with E-state index in [0.717, 1.165) is 6.21 Å². The molecule has 0 heterocycles. The standard InChI is InChI=1S/C10H9F2NO2/c11-10(12)8-4-2-1-3-7(8)5-13-6-9(14)15/h1-5,10H,6H2,(H,14,15)/p-1. The third-order valence-corrected chi connectivity index (χ3v) is 1.68. The quantitative estimate of drug-likeness (QED) is 0.693. The first-order valence-electron chi connectivity index (χ1n) is 4.18. The minimum absolute atomic E-state index is 0.167. The van der Waals surface area contributed by atoms with Crippen molar-refractivity contribution < 1.29 is 18.7 Å². The van der Waals surface area contributed by atoms with Gasteiger partial charge >= 0.3 is 0 Å². The van der Waals surface area contributed by atoms with Gasteiger partial charge in [0.1, 0.15) is 0 Å². The molecule has 0 saturated carbocycles. The maximum atomic E-state index is 12.4. The van der Waals surface area contributed by atoms with Crippen LogP contribution in [0.15, 0.2) is 29.3 Å². The fraction of sp³-hybridized carbons (Fsp3) is 0.200. The van der Waals surface area contributed by atoms with Gasteiger partial charge in [0.15, 0.2) is 0 Å². The van der Waals surface area contributed by atoms with Crippen LogP contribution in [0.2, 0.25) is 0 Å². The predicted molar refractivity (Wildman–Crippen MR) is 48.9 cm³/mol. The second-order valence-corrected chi connectivity index (χ2v) is 2.77. The van der Waals surface area contributed by atoms with E-state index in [0.29, 0.717) is 0 Å². The van der Waals surface area contributed by atoms with Crippen molar-refractivity contribution in [1.82, 2.24) is 0 Å². The summed E-state index contributed by atoms with van der Waals surface area (Å²) in [5.41, 5.74) is 0.0494. The van der Waals surface area contributed by atoms with Crippen molar-refractivity contribution in [2.75, 3.05) is 6.54 Å². The highest BCUT2D eigenvalue weighted by Gasteiger charge is 2.09. The third kappa shape index (κ3) is 3.46. The summed E-state index contributed by atoms with van der Waals surface area (Å²) >= 11 is 0. The number of alkyl halides is 2. The number of rotatable bonds is 4. The minimum atomic E-state index is -2.60. The fourth-order valence-corrected chi connectivity index (χ4v) is 1.05. The van der Waals surface area contributed by atoms with E-state index in [1.165, 1.54) is 18.2 Å². The molecule has 80 valence electrons. The van der Waals surface area contributed by atoms with E-state index in [-0.39, 0.29) is 11.1 Å². The van der Waals surface area contributed by atoms with Crippen molar-refractivity contribution in [2.45, 2.75) is 6.43 Å². The van der Waals surface area contributed by atoms with E-state index in [1.54, 1.807) is 6.07 Å². The topological polar surface area (TPSA) is 52.5 Å². The van der Waals surface area contributed by atoms with Crippen LogP contribution in [-0.4, -0.2) is 18.7 Å². The Hall–Kier alpha value is -1.78. The van der Waals surface area contributed by atoms with Gasteiger partial charge in [0.25, 0.3) is 6.43 Å². The Labute approximate surface area is 85.1 Å².